The first-order valence-electron chi connectivity index (χ1n) is 4.83. The minimum absolute atomic E-state index is 0.123. The highest BCUT2D eigenvalue weighted by molar-refractivity contribution is 7.71. The fourth-order valence-electron chi connectivity index (χ4n) is 1.53. The Labute approximate surface area is 97.2 Å². The molecular weight excluding hydrogens is 227 g/mol. The molecule has 84 valence electrons. The number of rotatable bonds is 3. The molecule has 16 heavy (non-hydrogen) atoms. The molecule has 0 aliphatic heterocycles. The summed E-state index contributed by atoms with van der Waals surface area (Å²) in [6, 6.07) is 6.52. The van der Waals surface area contributed by atoms with Crippen molar-refractivity contribution in [3.63, 3.8) is 0 Å². The zero-order valence-corrected chi connectivity index (χ0v) is 9.30. The van der Waals surface area contributed by atoms with Crippen LogP contribution >= 0.6 is 12.2 Å². The maximum Gasteiger partial charge on any atom is 0.177 e. The Morgan fingerprint density at radius 3 is 2.81 bits per heavy atom. The Morgan fingerprint density at radius 1 is 1.38 bits per heavy atom. The summed E-state index contributed by atoms with van der Waals surface area (Å²) < 4.78 is 15.6. The molecule has 2 rings (SSSR count). The van der Waals surface area contributed by atoms with Crippen LogP contribution < -0.4 is 0 Å². The second-order valence-corrected chi connectivity index (χ2v) is 3.81. The molecule has 0 atom stereocenters. The molecule has 1 aromatic heterocycles. The summed E-state index contributed by atoms with van der Waals surface area (Å²) in [5.41, 5.74) is 1.20. The van der Waals surface area contributed by atoms with Gasteiger partial charge in [-0.05, 0) is 18.3 Å². The van der Waals surface area contributed by atoms with Crippen molar-refractivity contribution in [3.8, 4) is 0 Å². The number of aromatic nitrogens is 2. The average Bonchev–Trinajstić information content (AvgIpc) is 2.63. The number of nitrogens with one attached hydrogen (secondary N) is 1. The summed E-state index contributed by atoms with van der Waals surface area (Å²) in [5, 5.41) is 9.10. The molecular formula is C11H11FN2OS. The largest absolute Gasteiger partial charge is 0.390 e. The number of H-pyrrole nitrogens is 1. The summed E-state index contributed by atoms with van der Waals surface area (Å²) in [6.07, 6.45) is 1.63. The van der Waals surface area contributed by atoms with E-state index in [1.165, 1.54) is 6.07 Å². The van der Waals surface area contributed by atoms with Crippen LogP contribution in [0, 0.1) is 10.6 Å². The third-order valence-electron chi connectivity index (χ3n) is 2.40. The SMILES string of the molecule is OCc1c[nH]c(=S)n1Cc1ccccc1F. The zero-order chi connectivity index (χ0) is 11.5. The Hall–Kier alpha value is -1.46. The lowest BCUT2D eigenvalue weighted by Crippen LogP contribution is -2.05. The summed E-state index contributed by atoms with van der Waals surface area (Å²) in [7, 11) is 0. The standard InChI is InChI=1S/C11H11FN2OS/c12-10-4-2-1-3-8(10)6-14-9(7-15)5-13-11(14)16/h1-5,15H,6-7H2,(H,13,16). The predicted molar refractivity (Wildman–Crippen MR) is 61.0 cm³/mol. The number of halogens is 1. The van der Waals surface area contributed by atoms with E-state index < -0.39 is 0 Å². The number of nitrogens with zero attached hydrogens (tertiary/aromatic N) is 1. The minimum Gasteiger partial charge on any atom is -0.390 e. The summed E-state index contributed by atoms with van der Waals surface area (Å²) >= 11 is 5.06. The molecule has 0 aliphatic rings. The van der Waals surface area contributed by atoms with Gasteiger partial charge in [-0.15, -0.1) is 0 Å². The van der Waals surface area contributed by atoms with Crippen LogP contribution in [-0.2, 0) is 13.2 Å². The van der Waals surface area contributed by atoms with E-state index in [1.54, 1.807) is 29.0 Å². The van der Waals surface area contributed by atoms with Crippen LogP contribution in [0.25, 0.3) is 0 Å². The van der Waals surface area contributed by atoms with Crippen LogP contribution in [0.4, 0.5) is 4.39 Å². The monoisotopic (exact) mass is 238 g/mol. The molecule has 0 saturated carbocycles. The van der Waals surface area contributed by atoms with Gasteiger partial charge in [0.25, 0.3) is 0 Å². The summed E-state index contributed by atoms with van der Waals surface area (Å²) in [4.78, 5) is 2.82. The van der Waals surface area contributed by atoms with Gasteiger partial charge in [0.15, 0.2) is 4.77 Å². The van der Waals surface area contributed by atoms with Gasteiger partial charge in [0, 0.05) is 11.8 Å². The van der Waals surface area contributed by atoms with Gasteiger partial charge < -0.3 is 14.7 Å². The van der Waals surface area contributed by atoms with Gasteiger partial charge in [0.2, 0.25) is 0 Å². The van der Waals surface area contributed by atoms with Gasteiger partial charge >= 0.3 is 0 Å². The lowest BCUT2D eigenvalue weighted by Gasteiger charge is -2.07. The van der Waals surface area contributed by atoms with Crippen LogP contribution in [0.5, 0.6) is 0 Å². The van der Waals surface area contributed by atoms with Crippen molar-refractivity contribution in [1.29, 1.82) is 0 Å². The van der Waals surface area contributed by atoms with Crippen molar-refractivity contribution in [2.45, 2.75) is 13.2 Å². The molecule has 0 aliphatic carbocycles. The van der Waals surface area contributed by atoms with E-state index in [0.717, 1.165) is 0 Å². The van der Waals surface area contributed by atoms with Crippen molar-refractivity contribution < 1.29 is 9.50 Å². The normalized spacial score (nSPS) is 10.6. The quantitative estimate of drug-likeness (QED) is 0.805. The van der Waals surface area contributed by atoms with Gasteiger partial charge in [-0.1, -0.05) is 18.2 Å². The van der Waals surface area contributed by atoms with Crippen LogP contribution in [-0.4, -0.2) is 14.7 Å². The molecule has 0 saturated heterocycles. The molecule has 0 radical (unpaired) electrons. The topological polar surface area (TPSA) is 40.9 Å². The van der Waals surface area contributed by atoms with E-state index in [0.29, 0.717) is 22.6 Å². The van der Waals surface area contributed by atoms with Crippen molar-refractivity contribution in [1.82, 2.24) is 9.55 Å². The first-order chi connectivity index (χ1) is 7.72. The third-order valence-corrected chi connectivity index (χ3v) is 2.74. The molecule has 1 aromatic carbocycles. The highest BCUT2D eigenvalue weighted by Gasteiger charge is 2.06. The summed E-state index contributed by atoms with van der Waals surface area (Å²) in [5.74, 6) is -0.269. The maximum atomic E-state index is 13.4. The molecule has 0 spiro atoms. The van der Waals surface area contributed by atoms with Crippen molar-refractivity contribution >= 4 is 12.2 Å². The third kappa shape index (κ3) is 2.05. The lowest BCUT2D eigenvalue weighted by atomic mass is 10.2. The molecule has 5 heteroatoms. The van der Waals surface area contributed by atoms with Gasteiger partial charge in [0.1, 0.15) is 5.82 Å². The summed E-state index contributed by atoms with van der Waals surface area (Å²) in [6.45, 7) is 0.201. The fraction of sp³-hybridized carbons (Fsp3) is 0.182. The van der Waals surface area contributed by atoms with Crippen molar-refractivity contribution in [2.75, 3.05) is 0 Å². The average molecular weight is 238 g/mol. The van der Waals surface area contributed by atoms with E-state index in [-0.39, 0.29) is 12.4 Å². The van der Waals surface area contributed by atoms with E-state index >= 15 is 0 Å². The van der Waals surface area contributed by atoms with Crippen LogP contribution in [0.15, 0.2) is 30.5 Å². The molecule has 0 amide bonds. The maximum absolute atomic E-state index is 13.4. The molecule has 0 bridgehead atoms. The Morgan fingerprint density at radius 2 is 2.12 bits per heavy atom. The molecule has 0 unspecified atom stereocenters. The van der Waals surface area contributed by atoms with Crippen LogP contribution in [0.2, 0.25) is 0 Å². The number of benzene rings is 1. The minimum atomic E-state index is -0.269. The Balaban J connectivity index is 2.37. The number of hydrogen-bond donors (Lipinski definition) is 2. The van der Waals surface area contributed by atoms with Gasteiger partial charge in [-0.3, -0.25) is 0 Å². The highest BCUT2D eigenvalue weighted by atomic mass is 32.1. The molecule has 2 N–H and O–H groups in total. The van der Waals surface area contributed by atoms with Crippen LogP contribution in [0.3, 0.4) is 0 Å². The predicted octanol–water partition coefficient (Wildman–Crippen LogP) is 2.23. The second-order valence-electron chi connectivity index (χ2n) is 3.42. The molecule has 3 nitrogen and oxygen atoms in total. The molecule has 0 fully saturated rings. The van der Waals surface area contributed by atoms with Gasteiger partial charge in [-0.2, -0.15) is 0 Å². The van der Waals surface area contributed by atoms with E-state index in [2.05, 4.69) is 4.98 Å². The molecule has 1 heterocycles. The van der Waals surface area contributed by atoms with E-state index in [1.807, 2.05) is 0 Å². The smallest absolute Gasteiger partial charge is 0.177 e. The molecule has 2 aromatic rings. The van der Waals surface area contributed by atoms with Crippen LogP contribution in [0.1, 0.15) is 11.3 Å². The number of aromatic amines is 1. The Kier molecular flexibility index (Phi) is 3.17. The number of aliphatic hydroxyl groups excluding tert-OH is 1. The number of aliphatic hydroxyl groups is 1. The lowest BCUT2D eigenvalue weighted by molar-refractivity contribution is 0.271. The first-order valence-corrected chi connectivity index (χ1v) is 5.24. The van der Waals surface area contributed by atoms with Crippen molar-refractivity contribution in [3.05, 3.63) is 52.3 Å². The van der Waals surface area contributed by atoms with E-state index in [9.17, 15) is 4.39 Å². The number of hydrogen-bond acceptors (Lipinski definition) is 2. The van der Waals surface area contributed by atoms with Gasteiger partial charge in [-0.25, -0.2) is 4.39 Å². The fourth-order valence-corrected chi connectivity index (χ4v) is 1.77. The van der Waals surface area contributed by atoms with E-state index in [4.69, 9.17) is 17.3 Å². The zero-order valence-electron chi connectivity index (χ0n) is 8.48. The van der Waals surface area contributed by atoms with Crippen molar-refractivity contribution in [2.24, 2.45) is 0 Å². The van der Waals surface area contributed by atoms with Gasteiger partial charge in [0.05, 0.1) is 18.8 Å². The number of imidazole rings is 1. The Bertz CT molecular complexity index is 547. The first kappa shape index (κ1) is 11.0. The highest BCUT2D eigenvalue weighted by Crippen LogP contribution is 2.11. The second kappa shape index (κ2) is 4.59.